The highest BCUT2D eigenvalue weighted by Crippen LogP contribution is 2.36. The Kier molecular flexibility index (Phi) is 7.51. The SMILES string of the molecule is C=C[C@@H]1C[C@H](C(=O)N[C@@H](c2ccc(C(F)(F)F)cc2F)C2COC2)N(C(=O)c2cncc(C(F)(F)F)c2)C1. The molecule has 4 rings (SSSR count). The summed E-state index contributed by atoms with van der Waals surface area (Å²) in [6.45, 7) is 3.88. The number of carbonyl (C=O) groups excluding carboxylic acids is 2. The van der Waals surface area contributed by atoms with E-state index in [1.807, 2.05) is 0 Å². The van der Waals surface area contributed by atoms with E-state index in [4.69, 9.17) is 4.74 Å². The molecule has 6 nitrogen and oxygen atoms in total. The third-order valence-electron chi connectivity index (χ3n) is 6.64. The predicted octanol–water partition coefficient (Wildman–Crippen LogP) is 4.78. The minimum atomic E-state index is -4.76. The lowest BCUT2D eigenvalue weighted by Crippen LogP contribution is -2.50. The zero-order valence-corrected chi connectivity index (χ0v) is 19.7. The molecular weight excluding hydrogens is 523 g/mol. The molecule has 0 radical (unpaired) electrons. The third-order valence-corrected chi connectivity index (χ3v) is 6.64. The lowest BCUT2D eigenvalue weighted by atomic mass is 9.90. The smallest absolute Gasteiger partial charge is 0.381 e. The maximum absolute atomic E-state index is 14.8. The standard InChI is InChI=1S/C25H22F7N3O3/c1-2-13-5-20(35(10-13)23(37)14-6-17(9-33-8-14)25(30,31)32)22(36)34-21(15-11-38-12-15)18-4-3-16(7-19(18)26)24(27,28)29/h2-4,6-9,13,15,20-21H,1,5,10-12H2,(H,34,36)/t13-,20-,21-/m1/s1. The predicted molar refractivity (Wildman–Crippen MR) is 119 cm³/mol. The van der Waals surface area contributed by atoms with E-state index in [2.05, 4.69) is 16.9 Å². The van der Waals surface area contributed by atoms with Crippen LogP contribution < -0.4 is 5.32 Å². The van der Waals surface area contributed by atoms with Gasteiger partial charge in [0.05, 0.1) is 35.9 Å². The van der Waals surface area contributed by atoms with Crippen molar-refractivity contribution in [3.8, 4) is 0 Å². The van der Waals surface area contributed by atoms with Crippen LogP contribution in [0.25, 0.3) is 0 Å². The number of hydrogen-bond acceptors (Lipinski definition) is 4. The third kappa shape index (κ3) is 5.66. The van der Waals surface area contributed by atoms with Crippen LogP contribution in [0.15, 0.2) is 49.3 Å². The second-order valence-electron chi connectivity index (χ2n) is 9.18. The van der Waals surface area contributed by atoms with Crippen LogP contribution in [0.4, 0.5) is 30.7 Å². The molecular formula is C25H22F7N3O3. The Balaban J connectivity index is 1.60. The van der Waals surface area contributed by atoms with Crippen LogP contribution in [0.3, 0.4) is 0 Å². The largest absolute Gasteiger partial charge is 0.417 e. The number of pyridine rings is 1. The summed E-state index contributed by atoms with van der Waals surface area (Å²) in [6.07, 6.45) is -6.37. The van der Waals surface area contributed by atoms with Crippen molar-refractivity contribution >= 4 is 11.8 Å². The van der Waals surface area contributed by atoms with E-state index in [-0.39, 0.29) is 43.2 Å². The normalized spacial score (nSPS) is 21.1. The number of aromatic nitrogens is 1. The molecule has 0 aliphatic carbocycles. The molecule has 2 aliphatic heterocycles. The molecule has 3 atom stereocenters. The summed E-state index contributed by atoms with van der Waals surface area (Å²) in [5, 5.41) is 2.63. The number of benzene rings is 1. The van der Waals surface area contributed by atoms with Crippen molar-refractivity contribution < 1.29 is 45.1 Å². The van der Waals surface area contributed by atoms with Crippen molar-refractivity contribution in [2.24, 2.45) is 11.8 Å². The van der Waals surface area contributed by atoms with Gasteiger partial charge in [-0.05, 0) is 30.5 Å². The fourth-order valence-corrected chi connectivity index (χ4v) is 4.49. The van der Waals surface area contributed by atoms with Crippen LogP contribution in [-0.2, 0) is 21.9 Å². The summed E-state index contributed by atoms with van der Waals surface area (Å²) >= 11 is 0. The highest BCUT2D eigenvalue weighted by Gasteiger charge is 2.42. The van der Waals surface area contributed by atoms with Gasteiger partial charge in [0.25, 0.3) is 5.91 Å². The molecule has 2 aliphatic rings. The topological polar surface area (TPSA) is 71.5 Å². The fourth-order valence-electron chi connectivity index (χ4n) is 4.49. The number of hydrogen-bond donors (Lipinski definition) is 1. The van der Waals surface area contributed by atoms with Crippen molar-refractivity contribution in [3.63, 3.8) is 0 Å². The number of halogens is 7. The Bertz CT molecular complexity index is 1230. The number of carbonyl (C=O) groups is 2. The number of likely N-dealkylation sites (tertiary alicyclic amines) is 1. The van der Waals surface area contributed by atoms with Gasteiger partial charge in [-0.15, -0.1) is 6.58 Å². The number of nitrogens with zero attached hydrogens (tertiary/aromatic N) is 2. The Labute approximate surface area is 212 Å². The molecule has 0 spiro atoms. The van der Waals surface area contributed by atoms with E-state index >= 15 is 0 Å². The second kappa shape index (κ2) is 10.4. The van der Waals surface area contributed by atoms with Gasteiger partial charge in [-0.2, -0.15) is 26.3 Å². The molecule has 2 amide bonds. The first-order chi connectivity index (χ1) is 17.8. The van der Waals surface area contributed by atoms with Gasteiger partial charge in [0.2, 0.25) is 5.91 Å². The van der Waals surface area contributed by atoms with Gasteiger partial charge in [-0.1, -0.05) is 12.1 Å². The highest BCUT2D eigenvalue weighted by atomic mass is 19.4. The summed E-state index contributed by atoms with van der Waals surface area (Å²) in [5.41, 5.74) is -2.88. The van der Waals surface area contributed by atoms with Gasteiger partial charge >= 0.3 is 12.4 Å². The maximum atomic E-state index is 14.8. The molecule has 38 heavy (non-hydrogen) atoms. The fraction of sp³-hybridized carbons (Fsp3) is 0.400. The van der Waals surface area contributed by atoms with Gasteiger partial charge < -0.3 is 15.0 Å². The number of nitrogens with one attached hydrogen (secondary N) is 1. The van der Waals surface area contributed by atoms with Crippen molar-refractivity contribution in [1.82, 2.24) is 15.2 Å². The second-order valence-corrected chi connectivity index (χ2v) is 9.18. The summed E-state index contributed by atoms with van der Waals surface area (Å²) < 4.78 is 98.3. The van der Waals surface area contributed by atoms with E-state index in [1.165, 1.54) is 6.08 Å². The van der Waals surface area contributed by atoms with Crippen LogP contribution in [0.5, 0.6) is 0 Å². The van der Waals surface area contributed by atoms with Crippen molar-refractivity contribution in [2.45, 2.75) is 30.9 Å². The van der Waals surface area contributed by atoms with Crippen LogP contribution >= 0.6 is 0 Å². The Hall–Kier alpha value is -3.48. The van der Waals surface area contributed by atoms with E-state index in [0.29, 0.717) is 24.4 Å². The Morgan fingerprint density at radius 1 is 1.08 bits per heavy atom. The Morgan fingerprint density at radius 3 is 2.32 bits per heavy atom. The van der Waals surface area contributed by atoms with Crippen LogP contribution in [0.1, 0.15) is 39.5 Å². The van der Waals surface area contributed by atoms with Gasteiger partial charge in [-0.25, -0.2) is 4.39 Å². The van der Waals surface area contributed by atoms with Gasteiger partial charge in [-0.3, -0.25) is 14.6 Å². The van der Waals surface area contributed by atoms with Crippen LogP contribution in [-0.4, -0.2) is 47.5 Å². The first kappa shape index (κ1) is 27.6. The zero-order valence-electron chi connectivity index (χ0n) is 19.7. The lowest BCUT2D eigenvalue weighted by Gasteiger charge is -2.36. The maximum Gasteiger partial charge on any atom is 0.417 e. The lowest BCUT2D eigenvalue weighted by molar-refractivity contribution is -0.138. The first-order valence-electron chi connectivity index (χ1n) is 11.5. The summed E-state index contributed by atoms with van der Waals surface area (Å²) in [4.78, 5) is 31.1. The first-order valence-corrected chi connectivity index (χ1v) is 11.5. The highest BCUT2D eigenvalue weighted by molar-refractivity contribution is 5.98. The molecule has 2 fully saturated rings. The average molecular weight is 545 g/mol. The molecule has 2 aromatic rings. The number of ether oxygens (including phenoxy) is 1. The summed E-state index contributed by atoms with van der Waals surface area (Å²) in [5.74, 6) is -3.58. The van der Waals surface area contributed by atoms with E-state index < -0.39 is 59.1 Å². The molecule has 13 heteroatoms. The van der Waals surface area contributed by atoms with Crippen molar-refractivity contribution in [3.05, 3.63) is 77.4 Å². The molecule has 0 bridgehead atoms. The van der Waals surface area contributed by atoms with E-state index in [0.717, 1.165) is 17.2 Å². The molecule has 0 unspecified atom stereocenters. The quantitative estimate of drug-likeness (QED) is 0.419. The van der Waals surface area contributed by atoms with Gasteiger partial charge in [0, 0.05) is 30.4 Å². The molecule has 0 saturated carbocycles. The monoisotopic (exact) mass is 545 g/mol. The summed E-state index contributed by atoms with van der Waals surface area (Å²) in [6, 6.07) is 0.414. The minimum Gasteiger partial charge on any atom is -0.381 e. The minimum absolute atomic E-state index is 0.0114. The van der Waals surface area contributed by atoms with E-state index in [9.17, 15) is 40.3 Å². The molecule has 2 saturated heterocycles. The molecule has 1 aromatic carbocycles. The van der Waals surface area contributed by atoms with Crippen molar-refractivity contribution in [1.29, 1.82) is 0 Å². The Morgan fingerprint density at radius 2 is 1.76 bits per heavy atom. The molecule has 1 N–H and O–H groups in total. The number of amides is 2. The molecule has 1 aromatic heterocycles. The average Bonchev–Trinajstić information content (AvgIpc) is 3.26. The van der Waals surface area contributed by atoms with Gasteiger partial charge in [0.1, 0.15) is 11.9 Å². The molecule has 204 valence electrons. The number of rotatable bonds is 6. The van der Waals surface area contributed by atoms with E-state index in [1.54, 1.807) is 0 Å². The van der Waals surface area contributed by atoms with Crippen LogP contribution in [0, 0.1) is 17.7 Å². The zero-order chi connectivity index (χ0) is 27.8. The summed E-state index contributed by atoms with van der Waals surface area (Å²) in [7, 11) is 0. The van der Waals surface area contributed by atoms with Gasteiger partial charge in [0.15, 0.2) is 0 Å². The molecule has 3 heterocycles. The van der Waals surface area contributed by atoms with Crippen LogP contribution in [0.2, 0.25) is 0 Å². The number of alkyl halides is 6. The van der Waals surface area contributed by atoms with Crippen molar-refractivity contribution in [2.75, 3.05) is 19.8 Å².